The molecular weight excluding hydrogens is 572 g/mol. The summed E-state index contributed by atoms with van der Waals surface area (Å²) in [5.74, 6) is -5.31. The van der Waals surface area contributed by atoms with Crippen molar-refractivity contribution in [2.24, 2.45) is 35.5 Å². The minimum Gasteiger partial charge on any atom is -0.462 e. The third-order valence-electron chi connectivity index (χ3n) is 9.00. The molecule has 1 heterocycles. The van der Waals surface area contributed by atoms with Crippen LogP contribution >= 0.6 is 0 Å². The highest BCUT2D eigenvalue weighted by atomic mass is 16.6. The van der Waals surface area contributed by atoms with Crippen molar-refractivity contribution >= 4 is 29.8 Å². The maximum absolute atomic E-state index is 13.1. The third-order valence-corrected chi connectivity index (χ3v) is 9.00. The highest BCUT2D eigenvalue weighted by molar-refractivity contribution is 5.83. The molecule has 3 rings (SSSR count). The van der Waals surface area contributed by atoms with Crippen molar-refractivity contribution in [3.8, 4) is 0 Å². The molecule has 3 fully saturated rings. The predicted octanol–water partition coefficient (Wildman–Crippen LogP) is 4.11. The number of rotatable bonds is 11. The highest BCUT2D eigenvalue weighted by Crippen LogP contribution is 2.60. The van der Waals surface area contributed by atoms with Crippen molar-refractivity contribution in [2.45, 2.75) is 112 Å². The number of hydrogen-bond donors (Lipinski definition) is 0. The molecule has 2 aliphatic carbocycles. The Labute approximate surface area is 260 Å². The van der Waals surface area contributed by atoms with Crippen LogP contribution in [0, 0.1) is 35.5 Å². The average molecular weight is 621 g/mol. The second-order valence-electron chi connectivity index (χ2n) is 13.2. The van der Waals surface area contributed by atoms with E-state index < -0.39 is 89.6 Å². The Bertz CT molecular complexity index is 1180. The lowest BCUT2D eigenvalue weighted by molar-refractivity contribution is -0.177. The highest BCUT2D eigenvalue weighted by Gasteiger charge is 2.67. The molecule has 44 heavy (non-hydrogen) atoms. The number of fused-ring (bicyclic) bond motifs is 1. The molecule has 0 radical (unpaired) electrons. The van der Waals surface area contributed by atoms with Crippen LogP contribution in [0.2, 0.25) is 0 Å². The number of esters is 5. The number of carbonyl (C=O) groups is 5. The zero-order valence-electron chi connectivity index (χ0n) is 27.5. The maximum atomic E-state index is 13.1. The Balaban J connectivity index is 2.09. The minimum absolute atomic E-state index is 0.258. The summed E-state index contributed by atoms with van der Waals surface area (Å²) >= 11 is 0. The van der Waals surface area contributed by atoms with E-state index in [0.717, 1.165) is 0 Å². The zero-order valence-corrected chi connectivity index (χ0v) is 27.5. The van der Waals surface area contributed by atoms with E-state index in [2.05, 4.69) is 6.58 Å². The number of ether oxygens (including phenoxy) is 6. The van der Waals surface area contributed by atoms with Crippen LogP contribution in [0.5, 0.6) is 0 Å². The van der Waals surface area contributed by atoms with Crippen LogP contribution in [0.4, 0.5) is 0 Å². The van der Waals surface area contributed by atoms with E-state index in [1.807, 2.05) is 6.92 Å². The van der Waals surface area contributed by atoms with E-state index in [4.69, 9.17) is 28.4 Å². The van der Waals surface area contributed by atoms with Gasteiger partial charge in [-0.25, -0.2) is 4.79 Å². The SMILES string of the molecule is C=C1[C@@H]2[C@H](OC(=O)C(C)C)[C@@H](OC(=O)C(C)C)[C@H](C(C)OC(C)=O)[C@H]2[C@H](C2(C)CO2)C[C@H]1OC(=O)/C=C(\C)C(C)OC(C)=O. The van der Waals surface area contributed by atoms with E-state index in [-0.39, 0.29) is 11.8 Å². The first-order valence-electron chi connectivity index (χ1n) is 15.3. The van der Waals surface area contributed by atoms with E-state index in [1.54, 1.807) is 48.5 Å². The summed E-state index contributed by atoms with van der Waals surface area (Å²) < 4.78 is 34.9. The molecule has 0 aromatic carbocycles. The average Bonchev–Trinajstić information content (AvgIpc) is 3.57. The fourth-order valence-corrected chi connectivity index (χ4v) is 6.51. The minimum atomic E-state index is -0.972. The summed E-state index contributed by atoms with van der Waals surface area (Å²) in [6.45, 7) is 21.2. The maximum Gasteiger partial charge on any atom is 0.331 e. The van der Waals surface area contributed by atoms with Crippen LogP contribution in [0.15, 0.2) is 23.8 Å². The molecule has 0 aromatic rings. The molecule has 11 heteroatoms. The molecule has 1 aliphatic heterocycles. The smallest absolute Gasteiger partial charge is 0.331 e. The van der Waals surface area contributed by atoms with Gasteiger partial charge in [0.05, 0.1) is 24.0 Å². The lowest BCUT2D eigenvalue weighted by Gasteiger charge is -2.44. The molecule has 10 atom stereocenters. The van der Waals surface area contributed by atoms with E-state index in [1.165, 1.54) is 19.9 Å². The van der Waals surface area contributed by atoms with E-state index in [9.17, 15) is 24.0 Å². The molecule has 0 aromatic heterocycles. The number of hydrogen-bond acceptors (Lipinski definition) is 11. The molecule has 3 aliphatic rings. The summed E-state index contributed by atoms with van der Waals surface area (Å²) in [5.41, 5.74) is 0.411. The first kappa shape index (κ1) is 35.3. The van der Waals surface area contributed by atoms with Gasteiger partial charge < -0.3 is 28.4 Å². The summed E-state index contributed by atoms with van der Waals surface area (Å²) in [4.78, 5) is 62.8. The molecule has 3 unspecified atom stereocenters. The van der Waals surface area contributed by atoms with Gasteiger partial charge in [0.2, 0.25) is 0 Å². The number of carbonyl (C=O) groups excluding carboxylic acids is 5. The topological polar surface area (TPSA) is 144 Å². The lowest BCUT2D eigenvalue weighted by Crippen LogP contribution is -2.48. The Morgan fingerprint density at radius 2 is 1.39 bits per heavy atom. The van der Waals surface area contributed by atoms with Gasteiger partial charge in [-0.1, -0.05) is 34.3 Å². The first-order valence-corrected chi connectivity index (χ1v) is 15.3. The Kier molecular flexibility index (Phi) is 11.1. The molecule has 0 amide bonds. The van der Waals surface area contributed by atoms with Crippen molar-refractivity contribution in [1.82, 2.24) is 0 Å². The standard InChI is InChI=1S/C33H48O11/c1-15(2)31(37)43-29-26-18(6)24(42-25(36)12-17(5)19(7)40-21(9)34)13-23(33(11)14-39-33)28(26)27(20(8)41-22(10)35)30(29)44-32(38)16(3)4/h12,15-16,19-20,23-24,26-30H,6,13-14H2,1-5,7-11H3/b17-12+/t19?,20?,23-,24-,26+,27-,28+,29+,30+,33?/m1/s1. The van der Waals surface area contributed by atoms with Crippen LogP contribution in [-0.2, 0) is 52.4 Å². The fourth-order valence-electron chi connectivity index (χ4n) is 6.51. The number of epoxide rings is 1. The predicted molar refractivity (Wildman–Crippen MR) is 158 cm³/mol. The van der Waals surface area contributed by atoms with Gasteiger partial charge in [0.15, 0.2) is 0 Å². The van der Waals surface area contributed by atoms with Crippen molar-refractivity contribution in [3.63, 3.8) is 0 Å². The van der Waals surface area contributed by atoms with Crippen molar-refractivity contribution < 1.29 is 52.4 Å². The zero-order chi connectivity index (χ0) is 33.3. The Morgan fingerprint density at radius 3 is 1.86 bits per heavy atom. The van der Waals surface area contributed by atoms with Crippen LogP contribution in [0.25, 0.3) is 0 Å². The summed E-state index contributed by atoms with van der Waals surface area (Å²) in [6, 6.07) is 0. The normalized spacial score (nSPS) is 32.8. The van der Waals surface area contributed by atoms with Crippen LogP contribution in [0.3, 0.4) is 0 Å². The Morgan fingerprint density at radius 1 is 0.864 bits per heavy atom. The molecular formula is C33H48O11. The van der Waals surface area contributed by atoms with E-state index in [0.29, 0.717) is 24.2 Å². The lowest BCUT2D eigenvalue weighted by atomic mass is 9.62. The van der Waals surface area contributed by atoms with Crippen molar-refractivity contribution in [1.29, 1.82) is 0 Å². The van der Waals surface area contributed by atoms with Gasteiger partial charge in [0, 0.05) is 31.8 Å². The third kappa shape index (κ3) is 7.89. The molecule has 0 N–H and O–H groups in total. The second-order valence-corrected chi connectivity index (χ2v) is 13.2. The fraction of sp³-hybridized carbons (Fsp3) is 0.727. The van der Waals surface area contributed by atoms with Gasteiger partial charge in [-0.15, -0.1) is 0 Å². The van der Waals surface area contributed by atoms with Gasteiger partial charge in [0.25, 0.3) is 0 Å². The molecule has 0 bridgehead atoms. The quantitative estimate of drug-likeness (QED) is 0.108. The summed E-state index contributed by atoms with van der Waals surface area (Å²) in [6.07, 6.45) is -2.43. The summed E-state index contributed by atoms with van der Waals surface area (Å²) in [5, 5.41) is 0. The first-order chi connectivity index (χ1) is 20.4. The van der Waals surface area contributed by atoms with Crippen molar-refractivity contribution in [3.05, 3.63) is 23.8 Å². The van der Waals surface area contributed by atoms with Gasteiger partial charge in [0.1, 0.15) is 30.5 Å². The van der Waals surface area contributed by atoms with Gasteiger partial charge in [-0.2, -0.15) is 0 Å². The van der Waals surface area contributed by atoms with Crippen LogP contribution in [0.1, 0.15) is 75.7 Å². The van der Waals surface area contributed by atoms with Gasteiger partial charge >= 0.3 is 29.8 Å². The molecule has 1 saturated heterocycles. The molecule has 0 spiro atoms. The van der Waals surface area contributed by atoms with Crippen molar-refractivity contribution in [2.75, 3.05) is 6.61 Å². The molecule has 2 saturated carbocycles. The van der Waals surface area contributed by atoms with Gasteiger partial charge in [-0.3, -0.25) is 19.2 Å². The van der Waals surface area contributed by atoms with Gasteiger partial charge in [-0.05, 0) is 57.1 Å². The van der Waals surface area contributed by atoms with Crippen LogP contribution in [-0.4, -0.2) is 72.6 Å². The Hall–Kier alpha value is -3.21. The molecule has 11 nitrogen and oxygen atoms in total. The van der Waals surface area contributed by atoms with Crippen LogP contribution < -0.4 is 0 Å². The van der Waals surface area contributed by atoms with E-state index >= 15 is 0 Å². The summed E-state index contributed by atoms with van der Waals surface area (Å²) in [7, 11) is 0. The second kappa shape index (κ2) is 13.8. The molecule has 246 valence electrons. The largest absolute Gasteiger partial charge is 0.462 e. The monoisotopic (exact) mass is 620 g/mol.